The van der Waals surface area contributed by atoms with Gasteiger partial charge in [0.1, 0.15) is 0 Å². The van der Waals surface area contributed by atoms with Crippen LogP contribution in [0.15, 0.2) is 29.1 Å². The molecule has 12 heavy (non-hydrogen) atoms. The van der Waals surface area contributed by atoms with Gasteiger partial charge in [0.25, 0.3) is 0 Å². The molecule has 1 aromatic rings. The predicted molar refractivity (Wildman–Crippen MR) is 50.2 cm³/mol. The topological polar surface area (TPSA) is 13.1 Å². The summed E-state index contributed by atoms with van der Waals surface area (Å²) in [6.07, 6.45) is 9.03. The van der Waals surface area contributed by atoms with Gasteiger partial charge in [0, 0.05) is 5.56 Å². The first-order chi connectivity index (χ1) is 5.86. The van der Waals surface area contributed by atoms with Gasteiger partial charge in [-0.3, -0.25) is 0 Å². The Bertz CT molecular complexity index is 274. The molecular formula is C10H11ClO. The third-order valence-corrected chi connectivity index (χ3v) is 2.54. The SMILES string of the molecule is ClC1C=C(c2ccoc2)CCC1. The van der Waals surface area contributed by atoms with Crippen molar-refractivity contribution in [2.24, 2.45) is 0 Å². The zero-order valence-corrected chi connectivity index (χ0v) is 7.55. The number of alkyl halides is 1. The smallest absolute Gasteiger partial charge is 0.0977 e. The highest BCUT2D eigenvalue weighted by Crippen LogP contribution is 2.29. The molecule has 0 saturated carbocycles. The highest BCUT2D eigenvalue weighted by Gasteiger charge is 2.12. The number of halogens is 1. The minimum atomic E-state index is 0.212. The molecule has 2 rings (SSSR count). The van der Waals surface area contributed by atoms with Gasteiger partial charge in [-0.05, 0) is 30.9 Å². The Hall–Kier alpha value is -0.690. The van der Waals surface area contributed by atoms with Crippen LogP contribution >= 0.6 is 11.6 Å². The van der Waals surface area contributed by atoms with E-state index in [9.17, 15) is 0 Å². The molecule has 1 aliphatic rings. The van der Waals surface area contributed by atoms with Gasteiger partial charge in [0.05, 0.1) is 17.9 Å². The Balaban J connectivity index is 2.23. The number of hydrogen-bond donors (Lipinski definition) is 0. The third-order valence-electron chi connectivity index (χ3n) is 2.20. The minimum Gasteiger partial charge on any atom is -0.472 e. The van der Waals surface area contributed by atoms with Crippen LogP contribution in [-0.2, 0) is 0 Å². The first-order valence-corrected chi connectivity index (χ1v) is 4.67. The normalized spacial score (nSPS) is 23.8. The molecule has 0 N–H and O–H groups in total. The summed E-state index contributed by atoms with van der Waals surface area (Å²) < 4.78 is 5.02. The number of hydrogen-bond acceptors (Lipinski definition) is 1. The van der Waals surface area contributed by atoms with Crippen LogP contribution in [0.3, 0.4) is 0 Å². The number of allylic oxidation sites excluding steroid dienone is 2. The Morgan fingerprint density at radius 2 is 2.42 bits per heavy atom. The van der Waals surface area contributed by atoms with E-state index in [-0.39, 0.29) is 5.38 Å². The number of rotatable bonds is 1. The van der Waals surface area contributed by atoms with Gasteiger partial charge in [0.15, 0.2) is 0 Å². The lowest BCUT2D eigenvalue weighted by molar-refractivity contribution is 0.566. The maximum absolute atomic E-state index is 6.02. The monoisotopic (exact) mass is 182 g/mol. The van der Waals surface area contributed by atoms with Crippen LogP contribution in [0.5, 0.6) is 0 Å². The molecule has 0 saturated heterocycles. The summed E-state index contributed by atoms with van der Waals surface area (Å²) in [5, 5.41) is 0.212. The molecule has 0 aromatic carbocycles. The fourth-order valence-electron chi connectivity index (χ4n) is 1.56. The fourth-order valence-corrected chi connectivity index (χ4v) is 1.87. The Kier molecular flexibility index (Phi) is 2.22. The summed E-state index contributed by atoms with van der Waals surface area (Å²) in [5.41, 5.74) is 2.51. The van der Waals surface area contributed by atoms with E-state index in [1.54, 1.807) is 12.5 Å². The van der Waals surface area contributed by atoms with Crippen molar-refractivity contribution in [3.05, 3.63) is 30.2 Å². The van der Waals surface area contributed by atoms with Crippen molar-refractivity contribution >= 4 is 17.2 Å². The van der Waals surface area contributed by atoms with Gasteiger partial charge in [-0.15, -0.1) is 11.6 Å². The minimum absolute atomic E-state index is 0.212. The number of furan rings is 1. The lowest BCUT2D eigenvalue weighted by Crippen LogP contribution is -2.01. The van der Waals surface area contributed by atoms with Crippen molar-refractivity contribution in [3.63, 3.8) is 0 Å². The summed E-state index contributed by atoms with van der Waals surface area (Å²) in [5.74, 6) is 0. The van der Waals surface area contributed by atoms with Gasteiger partial charge in [-0.1, -0.05) is 6.08 Å². The van der Waals surface area contributed by atoms with Crippen molar-refractivity contribution in [2.45, 2.75) is 24.6 Å². The van der Waals surface area contributed by atoms with Gasteiger partial charge >= 0.3 is 0 Å². The Morgan fingerprint density at radius 1 is 1.50 bits per heavy atom. The zero-order chi connectivity index (χ0) is 8.39. The molecule has 1 nitrogen and oxygen atoms in total. The molecule has 0 aliphatic heterocycles. The quantitative estimate of drug-likeness (QED) is 0.607. The molecule has 0 spiro atoms. The lowest BCUT2D eigenvalue weighted by atomic mass is 9.95. The van der Waals surface area contributed by atoms with Gasteiger partial charge in [0.2, 0.25) is 0 Å². The van der Waals surface area contributed by atoms with Crippen LogP contribution in [0, 0.1) is 0 Å². The molecule has 0 fully saturated rings. The maximum Gasteiger partial charge on any atom is 0.0977 e. The summed E-state index contributed by atoms with van der Waals surface area (Å²) in [6, 6.07) is 1.99. The van der Waals surface area contributed by atoms with E-state index >= 15 is 0 Å². The lowest BCUT2D eigenvalue weighted by Gasteiger charge is -2.14. The van der Waals surface area contributed by atoms with E-state index in [0.29, 0.717) is 0 Å². The first-order valence-electron chi connectivity index (χ1n) is 4.23. The Labute approximate surface area is 77.0 Å². The second kappa shape index (κ2) is 3.36. The predicted octanol–water partition coefficient (Wildman–Crippen LogP) is 3.45. The van der Waals surface area contributed by atoms with Gasteiger partial charge < -0.3 is 4.42 Å². The van der Waals surface area contributed by atoms with E-state index in [2.05, 4.69) is 6.08 Å². The molecule has 1 aromatic heterocycles. The van der Waals surface area contributed by atoms with Crippen molar-refractivity contribution in [3.8, 4) is 0 Å². The van der Waals surface area contributed by atoms with Crippen molar-refractivity contribution in [1.82, 2.24) is 0 Å². The van der Waals surface area contributed by atoms with Gasteiger partial charge in [-0.25, -0.2) is 0 Å². The third kappa shape index (κ3) is 1.56. The van der Waals surface area contributed by atoms with Crippen molar-refractivity contribution < 1.29 is 4.42 Å². The van der Waals surface area contributed by atoms with E-state index in [4.69, 9.17) is 16.0 Å². The second-order valence-corrected chi connectivity index (χ2v) is 3.67. The standard InChI is InChI=1S/C10H11ClO/c11-10-3-1-2-8(6-10)9-4-5-12-7-9/h4-7,10H,1-3H2. The van der Waals surface area contributed by atoms with Crippen molar-refractivity contribution in [2.75, 3.05) is 0 Å². The van der Waals surface area contributed by atoms with E-state index < -0.39 is 0 Å². The van der Waals surface area contributed by atoms with Crippen LogP contribution < -0.4 is 0 Å². The summed E-state index contributed by atoms with van der Waals surface area (Å²) in [7, 11) is 0. The second-order valence-electron chi connectivity index (χ2n) is 3.11. The highest BCUT2D eigenvalue weighted by molar-refractivity contribution is 6.22. The van der Waals surface area contributed by atoms with Crippen LogP contribution in [-0.4, -0.2) is 5.38 Å². The highest BCUT2D eigenvalue weighted by atomic mass is 35.5. The average Bonchev–Trinajstić information content (AvgIpc) is 2.56. The molecule has 1 aliphatic carbocycles. The molecule has 1 unspecified atom stereocenters. The molecule has 1 heterocycles. The van der Waals surface area contributed by atoms with E-state index in [0.717, 1.165) is 12.8 Å². The summed E-state index contributed by atoms with van der Waals surface area (Å²) in [6.45, 7) is 0. The molecule has 64 valence electrons. The van der Waals surface area contributed by atoms with E-state index in [1.807, 2.05) is 6.07 Å². The average molecular weight is 183 g/mol. The van der Waals surface area contributed by atoms with Crippen LogP contribution in [0.4, 0.5) is 0 Å². The van der Waals surface area contributed by atoms with Gasteiger partial charge in [-0.2, -0.15) is 0 Å². The molecular weight excluding hydrogens is 172 g/mol. The maximum atomic E-state index is 6.02. The fraction of sp³-hybridized carbons (Fsp3) is 0.400. The van der Waals surface area contributed by atoms with E-state index in [1.165, 1.54) is 17.6 Å². The molecule has 0 radical (unpaired) electrons. The van der Waals surface area contributed by atoms with Crippen molar-refractivity contribution in [1.29, 1.82) is 0 Å². The molecule has 2 heteroatoms. The summed E-state index contributed by atoms with van der Waals surface area (Å²) in [4.78, 5) is 0. The zero-order valence-electron chi connectivity index (χ0n) is 6.79. The molecule has 0 bridgehead atoms. The molecule has 1 atom stereocenters. The largest absolute Gasteiger partial charge is 0.472 e. The first kappa shape index (κ1) is 7.93. The summed E-state index contributed by atoms with van der Waals surface area (Å²) >= 11 is 6.02. The molecule has 0 amide bonds. The van der Waals surface area contributed by atoms with Crippen LogP contribution in [0.25, 0.3) is 5.57 Å². The van der Waals surface area contributed by atoms with Crippen LogP contribution in [0.2, 0.25) is 0 Å². The Morgan fingerprint density at radius 3 is 3.08 bits per heavy atom. The van der Waals surface area contributed by atoms with Crippen LogP contribution in [0.1, 0.15) is 24.8 Å².